The van der Waals surface area contributed by atoms with Crippen LogP contribution in [0.5, 0.6) is 0 Å². The molecule has 0 bridgehead atoms. The van der Waals surface area contributed by atoms with Crippen molar-refractivity contribution in [2.75, 3.05) is 36.0 Å². The van der Waals surface area contributed by atoms with E-state index in [1.807, 2.05) is 34.1 Å². The van der Waals surface area contributed by atoms with Gasteiger partial charge in [-0.05, 0) is 36.6 Å². The predicted octanol–water partition coefficient (Wildman–Crippen LogP) is 1.71. The van der Waals surface area contributed by atoms with Gasteiger partial charge >= 0.3 is 0 Å². The Morgan fingerprint density at radius 2 is 2.04 bits per heavy atom. The number of hydrogen-bond acceptors (Lipinski definition) is 4. The van der Waals surface area contributed by atoms with Crippen molar-refractivity contribution in [2.45, 2.75) is 18.3 Å². The number of amides is 2. The van der Waals surface area contributed by atoms with E-state index in [1.54, 1.807) is 12.3 Å². The molecule has 1 saturated carbocycles. The molecule has 6 heteroatoms. The van der Waals surface area contributed by atoms with Crippen molar-refractivity contribution < 1.29 is 9.59 Å². The van der Waals surface area contributed by atoms with Crippen molar-refractivity contribution in [1.82, 2.24) is 10.3 Å². The summed E-state index contributed by atoms with van der Waals surface area (Å²) in [6.45, 7) is 2.40. The second-order valence-corrected chi connectivity index (χ2v) is 7.36. The van der Waals surface area contributed by atoms with Crippen LogP contribution in [-0.2, 0) is 10.2 Å². The number of benzene rings is 1. The van der Waals surface area contributed by atoms with Gasteiger partial charge < -0.3 is 15.1 Å². The Labute approximate surface area is 151 Å². The summed E-state index contributed by atoms with van der Waals surface area (Å²) in [6, 6.07) is 11.9. The first-order valence-corrected chi connectivity index (χ1v) is 9.05. The molecule has 2 aliphatic heterocycles. The number of para-hydroxylation sites is 1. The van der Waals surface area contributed by atoms with Crippen LogP contribution in [0.25, 0.3) is 0 Å². The van der Waals surface area contributed by atoms with Gasteiger partial charge in [0.25, 0.3) is 5.91 Å². The average molecular weight is 348 g/mol. The molecule has 1 spiro atoms. The highest BCUT2D eigenvalue weighted by Gasteiger charge is 2.52. The zero-order valence-corrected chi connectivity index (χ0v) is 14.4. The molecule has 2 amide bonds. The molecule has 1 aliphatic carbocycles. The summed E-state index contributed by atoms with van der Waals surface area (Å²) in [6.07, 6.45) is 3.94. The minimum Gasteiger partial charge on any atom is -0.360 e. The van der Waals surface area contributed by atoms with Gasteiger partial charge in [-0.15, -0.1) is 0 Å². The van der Waals surface area contributed by atoms with Crippen molar-refractivity contribution in [3.05, 3.63) is 53.9 Å². The molecule has 0 atom stereocenters. The van der Waals surface area contributed by atoms with Gasteiger partial charge in [0.15, 0.2) is 0 Å². The minimum absolute atomic E-state index is 0.00471. The van der Waals surface area contributed by atoms with Crippen molar-refractivity contribution in [3.63, 3.8) is 0 Å². The van der Waals surface area contributed by atoms with Crippen LogP contribution < -0.4 is 15.1 Å². The number of aromatic nitrogens is 1. The Morgan fingerprint density at radius 3 is 2.85 bits per heavy atom. The number of piperazine rings is 1. The third kappa shape index (κ3) is 2.36. The highest BCUT2D eigenvalue weighted by Crippen LogP contribution is 2.56. The second kappa shape index (κ2) is 5.56. The fourth-order valence-corrected chi connectivity index (χ4v) is 4.12. The van der Waals surface area contributed by atoms with E-state index in [2.05, 4.69) is 16.4 Å². The Bertz CT molecular complexity index is 906. The number of hydrogen-bond donors (Lipinski definition) is 1. The Morgan fingerprint density at radius 1 is 1.19 bits per heavy atom. The van der Waals surface area contributed by atoms with E-state index in [4.69, 9.17) is 0 Å². The standard InChI is InChI=1S/C20H20N4O2/c25-18-12-23(10-9-22-18)14-5-8-21-16(11-14)19(26)24-13-20(6-7-20)15-3-1-2-4-17(15)24/h1-5,8,11H,6-7,9-10,12-13H2,(H,22,25). The molecular formula is C20H20N4O2. The van der Waals surface area contributed by atoms with Crippen LogP contribution in [0.15, 0.2) is 42.6 Å². The van der Waals surface area contributed by atoms with Crippen LogP contribution in [0.4, 0.5) is 11.4 Å². The number of pyridine rings is 1. The quantitative estimate of drug-likeness (QED) is 0.897. The smallest absolute Gasteiger partial charge is 0.276 e. The highest BCUT2D eigenvalue weighted by atomic mass is 16.2. The summed E-state index contributed by atoms with van der Waals surface area (Å²) in [5.74, 6) is -0.0605. The van der Waals surface area contributed by atoms with E-state index < -0.39 is 0 Å². The van der Waals surface area contributed by atoms with Crippen LogP contribution >= 0.6 is 0 Å². The molecule has 1 aromatic heterocycles. The molecule has 1 aromatic carbocycles. The first kappa shape index (κ1) is 15.4. The maximum atomic E-state index is 13.2. The molecule has 2 fully saturated rings. The molecular weight excluding hydrogens is 328 g/mol. The zero-order valence-electron chi connectivity index (χ0n) is 14.4. The van der Waals surface area contributed by atoms with Crippen molar-refractivity contribution >= 4 is 23.2 Å². The van der Waals surface area contributed by atoms with Crippen LogP contribution in [0.3, 0.4) is 0 Å². The zero-order chi connectivity index (χ0) is 17.7. The maximum absolute atomic E-state index is 13.2. The Hall–Kier alpha value is -2.89. The van der Waals surface area contributed by atoms with Crippen LogP contribution in [0, 0.1) is 0 Å². The molecule has 6 nitrogen and oxygen atoms in total. The number of anilines is 2. The molecule has 0 radical (unpaired) electrons. The largest absolute Gasteiger partial charge is 0.360 e. The van der Waals surface area contributed by atoms with E-state index in [1.165, 1.54) is 5.56 Å². The fraction of sp³-hybridized carbons (Fsp3) is 0.350. The molecule has 5 rings (SSSR count). The van der Waals surface area contributed by atoms with E-state index in [-0.39, 0.29) is 17.2 Å². The number of rotatable bonds is 2. The number of nitrogens with one attached hydrogen (secondary N) is 1. The fourth-order valence-electron chi connectivity index (χ4n) is 4.12. The van der Waals surface area contributed by atoms with Crippen LogP contribution in [0.2, 0.25) is 0 Å². The average Bonchev–Trinajstić information content (AvgIpc) is 3.39. The first-order valence-electron chi connectivity index (χ1n) is 9.05. The lowest BCUT2D eigenvalue weighted by molar-refractivity contribution is -0.120. The lowest BCUT2D eigenvalue weighted by Crippen LogP contribution is -2.47. The molecule has 1 saturated heterocycles. The van der Waals surface area contributed by atoms with Gasteiger partial charge in [-0.2, -0.15) is 0 Å². The van der Waals surface area contributed by atoms with Gasteiger partial charge in [-0.3, -0.25) is 14.6 Å². The van der Waals surface area contributed by atoms with Crippen molar-refractivity contribution in [1.29, 1.82) is 0 Å². The van der Waals surface area contributed by atoms with Crippen molar-refractivity contribution in [3.8, 4) is 0 Å². The van der Waals surface area contributed by atoms with Crippen molar-refractivity contribution in [2.24, 2.45) is 0 Å². The van der Waals surface area contributed by atoms with Gasteiger partial charge in [0.2, 0.25) is 5.91 Å². The summed E-state index contributed by atoms with van der Waals surface area (Å²) in [5.41, 5.74) is 3.76. The van der Waals surface area contributed by atoms with E-state index >= 15 is 0 Å². The topological polar surface area (TPSA) is 65.5 Å². The van der Waals surface area contributed by atoms with E-state index in [0.717, 1.165) is 37.3 Å². The first-order chi connectivity index (χ1) is 12.7. The maximum Gasteiger partial charge on any atom is 0.276 e. The summed E-state index contributed by atoms with van der Waals surface area (Å²) < 4.78 is 0. The lowest BCUT2D eigenvalue weighted by atomic mass is 9.99. The minimum atomic E-state index is -0.0652. The third-order valence-corrected chi connectivity index (χ3v) is 5.69. The summed E-state index contributed by atoms with van der Waals surface area (Å²) in [7, 11) is 0. The Balaban J connectivity index is 1.45. The second-order valence-electron chi connectivity index (χ2n) is 7.36. The molecule has 1 N–H and O–H groups in total. The molecule has 3 aliphatic rings. The molecule has 3 heterocycles. The van der Waals surface area contributed by atoms with Gasteiger partial charge in [0.05, 0.1) is 6.54 Å². The number of carbonyl (C=O) groups is 2. The van der Waals surface area contributed by atoms with Crippen LogP contribution in [-0.4, -0.2) is 43.0 Å². The highest BCUT2D eigenvalue weighted by molar-refractivity contribution is 6.07. The van der Waals surface area contributed by atoms with E-state index in [9.17, 15) is 9.59 Å². The van der Waals surface area contributed by atoms with Gasteiger partial charge in [-0.25, -0.2) is 0 Å². The van der Waals surface area contributed by atoms with Gasteiger partial charge in [0, 0.05) is 42.6 Å². The summed E-state index contributed by atoms with van der Waals surface area (Å²) in [5, 5.41) is 2.82. The summed E-state index contributed by atoms with van der Waals surface area (Å²) >= 11 is 0. The normalized spacial score (nSPS) is 20.1. The van der Waals surface area contributed by atoms with Gasteiger partial charge in [0.1, 0.15) is 5.69 Å². The monoisotopic (exact) mass is 348 g/mol. The molecule has 2 aromatic rings. The van der Waals surface area contributed by atoms with Gasteiger partial charge in [-0.1, -0.05) is 18.2 Å². The number of carbonyl (C=O) groups excluding carboxylic acids is 2. The molecule has 0 unspecified atom stereocenters. The molecule has 132 valence electrons. The SMILES string of the molecule is O=C1CN(c2ccnc(C(=O)N3CC4(CC4)c4ccccc43)c2)CCN1. The lowest BCUT2D eigenvalue weighted by Gasteiger charge is -2.28. The van der Waals surface area contributed by atoms with E-state index in [0.29, 0.717) is 18.8 Å². The summed E-state index contributed by atoms with van der Waals surface area (Å²) in [4.78, 5) is 33.0. The number of nitrogens with zero attached hydrogens (tertiary/aromatic N) is 3. The Kier molecular flexibility index (Phi) is 3.29. The predicted molar refractivity (Wildman–Crippen MR) is 98.5 cm³/mol. The molecule has 26 heavy (non-hydrogen) atoms. The van der Waals surface area contributed by atoms with Crippen LogP contribution in [0.1, 0.15) is 28.9 Å². The third-order valence-electron chi connectivity index (χ3n) is 5.69. The number of fused-ring (bicyclic) bond motifs is 2.